The molecule has 0 spiro atoms. The highest BCUT2D eigenvalue weighted by Crippen LogP contribution is 2.13. The second-order valence-electron chi connectivity index (χ2n) is 3.89. The molecule has 118 valence electrons. The number of carbonyl (C=O) groups excluding carboxylic acids is 2. The minimum Gasteiger partial charge on any atom is -0.432 e. The molecule has 5 nitrogen and oxygen atoms in total. The van der Waals surface area contributed by atoms with E-state index in [1.165, 1.54) is 6.92 Å². The third kappa shape index (κ3) is 8.81. The fourth-order valence-electron chi connectivity index (χ4n) is 1.31. The Labute approximate surface area is 126 Å². The predicted octanol–water partition coefficient (Wildman–Crippen LogP) is 3.86. The summed E-state index contributed by atoms with van der Waals surface area (Å²) in [6, 6.07) is 6.28. The lowest BCUT2D eigenvalue weighted by atomic mass is 10.1. The van der Waals surface area contributed by atoms with Gasteiger partial charge in [0.1, 0.15) is 12.4 Å². The van der Waals surface area contributed by atoms with Crippen LogP contribution in [-0.2, 0) is 9.47 Å². The van der Waals surface area contributed by atoms with Crippen molar-refractivity contribution in [3.8, 4) is 5.75 Å². The highest BCUT2D eigenvalue weighted by molar-refractivity contribution is 5.94. The quantitative estimate of drug-likeness (QED) is 0.331. The van der Waals surface area contributed by atoms with E-state index in [0.717, 1.165) is 6.42 Å². The average Bonchev–Trinajstić information content (AvgIpc) is 2.49. The van der Waals surface area contributed by atoms with Crippen molar-refractivity contribution in [1.29, 1.82) is 0 Å². The van der Waals surface area contributed by atoms with E-state index in [0.29, 0.717) is 24.5 Å². The van der Waals surface area contributed by atoms with Gasteiger partial charge < -0.3 is 14.2 Å². The number of benzene rings is 1. The van der Waals surface area contributed by atoms with Crippen LogP contribution in [0.25, 0.3) is 0 Å². The van der Waals surface area contributed by atoms with Crippen LogP contribution in [0.15, 0.2) is 24.3 Å². The van der Waals surface area contributed by atoms with E-state index in [9.17, 15) is 9.59 Å². The third-order valence-corrected chi connectivity index (χ3v) is 2.26. The number of carbonyl (C=O) groups is 2. The molecule has 0 N–H and O–H groups in total. The Hall–Kier alpha value is -1.88. The van der Waals surface area contributed by atoms with E-state index in [-0.39, 0.29) is 12.4 Å². The van der Waals surface area contributed by atoms with Crippen LogP contribution in [0.5, 0.6) is 5.75 Å². The van der Waals surface area contributed by atoms with Crippen LogP contribution in [0.3, 0.4) is 0 Å². The summed E-state index contributed by atoms with van der Waals surface area (Å²) in [6.45, 7) is 8.63. The highest BCUT2D eigenvalue weighted by atomic mass is 16.7. The summed E-state index contributed by atoms with van der Waals surface area (Å²) in [5.41, 5.74) is 0.564. The Morgan fingerprint density at radius 2 is 1.62 bits per heavy atom. The van der Waals surface area contributed by atoms with E-state index in [4.69, 9.17) is 14.2 Å². The lowest BCUT2D eigenvalue weighted by Gasteiger charge is -2.06. The maximum atomic E-state index is 11.3. The molecule has 0 aliphatic rings. The van der Waals surface area contributed by atoms with E-state index in [2.05, 4.69) is 0 Å². The molecule has 0 aromatic heterocycles. The summed E-state index contributed by atoms with van der Waals surface area (Å²) in [4.78, 5) is 22.4. The van der Waals surface area contributed by atoms with Crippen molar-refractivity contribution < 1.29 is 23.8 Å². The number of hydrogen-bond acceptors (Lipinski definition) is 5. The maximum Gasteiger partial charge on any atom is 0.513 e. The van der Waals surface area contributed by atoms with Crippen LogP contribution < -0.4 is 4.74 Å². The molecule has 21 heavy (non-hydrogen) atoms. The molecule has 0 bridgehead atoms. The largest absolute Gasteiger partial charge is 0.513 e. The zero-order valence-electron chi connectivity index (χ0n) is 13.2. The number of rotatable bonds is 7. The van der Waals surface area contributed by atoms with Crippen molar-refractivity contribution in [2.45, 2.75) is 34.1 Å². The number of ketones is 1. The normalized spacial score (nSPS) is 9.33. The molecule has 0 atom stereocenters. The van der Waals surface area contributed by atoms with Gasteiger partial charge in [-0.2, -0.15) is 0 Å². The second-order valence-corrected chi connectivity index (χ2v) is 3.89. The molecule has 0 fully saturated rings. The zero-order chi connectivity index (χ0) is 16.1. The van der Waals surface area contributed by atoms with Gasteiger partial charge in [-0.3, -0.25) is 4.79 Å². The number of ether oxygens (including phenoxy) is 3. The first-order valence-electron chi connectivity index (χ1n) is 7.17. The Kier molecular flexibility index (Phi) is 10.8. The van der Waals surface area contributed by atoms with Gasteiger partial charge in [-0.25, -0.2) is 4.79 Å². The van der Waals surface area contributed by atoms with Gasteiger partial charge in [0.05, 0.1) is 6.61 Å². The minimum absolute atomic E-state index is 0.0396. The van der Waals surface area contributed by atoms with Crippen LogP contribution >= 0.6 is 0 Å². The summed E-state index contributed by atoms with van der Waals surface area (Å²) in [5, 5.41) is 0. The van der Waals surface area contributed by atoms with E-state index in [1.807, 2.05) is 20.8 Å². The van der Waals surface area contributed by atoms with Crippen LogP contribution in [0.1, 0.15) is 44.5 Å². The average molecular weight is 296 g/mol. The molecule has 1 aromatic carbocycles. The van der Waals surface area contributed by atoms with Gasteiger partial charge in [-0.1, -0.05) is 20.8 Å². The van der Waals surface area contributed by atoms with Gasteiger partial charge in [-0.15, -0.1) is 0 Å². The van der Waals surface area contributed by atoms with Crippen LogP contribution in [-0.4, -0.2) is 31.8 Å². The third-order valence-electron chi connectivity index (χ3n) is 2.26. The van der Waals surface area contributed by atoms with Gasteiger partial charge in [0.2, 0.25) is 0 Å². The fourth-order valence-corrected chi connectivity index (χ4v) is 1.31. The topological polar surface area (TPSA) is 61.8 Å². The van der Waals surface area contributed by atoms with Crippen molar-refractivity contribution >= 4 is 11.9 Å². The van der Waals surface area contributed by atoms with Gasteiger partial charge in [-0.05, 0) is 37.6 Å². The highest BCUT2D eigenvalue weighted by Gasteiger charge is 2.06. The molecular formula is C16H24O5. The van der Waals surface area contributed by atoms with Crippen molar-refractivity contribution in [2.75, 3.05) is 19.8 Å². The van der Waals surface area contributed by atoms with E-state index >= 15 is 0 Å². The summed E-state index contributed by atoms with van der Waals surface area (Å²) in [5.74, 6) is 0.298. The zero-order valence-corrected chi connectivity index (χ0v) is 13.2. The van der Waals surface area contributed by atoms with Gasteiger partial charge in [0.15, 0.2) is 5.78 Å². The predicted molar refractivity (Wildman–Crippen MR) is 80.9 cm³/mol. The SMILES string of the molecule is CC.CCCOCCOC(=O)Oc1ccc(C(C)=O)cc1. The van der Waals surface area contributed by atoms with Crippen LogP contribution in [0, 0.1) is 0 Å². The van der Waals surface area contributed by atoms with Gasteiger partial charge in [0.25, 0.3) is 0 Å². The smallest absolute Gasteiger partial charge is 0.432 e. The molecule has 1 rings (SSSR count). The van der Waals surface area contributed by atoms with Gasteiger partial charge >= 0.3 is 6.16 Å². The molecule has 0 radical (unpaired) electrons. The summed E-state index contributed by atoms with van der Waals surface area (Å²) >= 11 is 0. The standard InChI is InChI=1S/C14H18O5.C2H6/c1-3-8-17-9-10-18-14(16)19-13-6-4-12(5-7-13)11(2)15;1-2/h4-7H,3,8-10H2,1-2H3;1-2H3. The molecule has 0 unspecified atom stereocenters. The summed E-state index contributed by atoms with van der Waals surface area (Å²) in [6.07, 6.45) is 0.142. The van der Waals surface area contributed by atoms with Crippen molar-refractivity contribution in [2.24, 2.45) is 0 Å². The first-order valence-corrected chi connectivity index (χ1v) is 7.17. The maximum absolute atomic E-state index is 11.3. The number of hydrogen-bond donors (Lipinski definition) is 0. The first kappa shape index (κ1) is 19.1. The van der Waals surface area contributed by atoms with E-state index in [1.54, 1.807) is 24.3 Å². The van der Waals surface area contributed by atoms with Crippen molar-refractivity contribution in [3.63, 3.8) is 0 Å². The van der Waals surface area contributed by atoms with E-state index < -0.39 is 6.16 Å². The molecule has 5 heteroatoms. The molecular weight excluding hydrogens is 272 g/mol. The Balaban J connectivity index is 0.00000191. The summed E-state index contributed by atoms with van der Waals surface area (Å²) in [7, 11) is 0. The molecule has 0 saturated heterocycles. The molecule has 0 aliphatic carbocycles. The molecule has 0 heterocycles. The van der Waals surface area contributed by atoms with Crippen LogP contribution in [0.4, 0.5) is 4.79 Å². The molecule has 0 saturated carbocycles. The Bertz CT molecular complexity index is 411. The summed E-state index contributed by atoms with van der Waals surface area (Å²) < 4.78 is 14.9. The lowest BCUT2D eigenvalue weighted by Crippen LogP contribution is -2.14. The van der Waals surface area contributed by atoms with Crippen molar-refractivity contribution in [1.82, 2.24) is 0 Å². The molecule has 0 aliphatic heterocycles. The first-order chi connectivity index (χ1) is 10.1. The van der Waals surface area contributed by atoms with Crippen LogP contribution in [0.2, 0.25) is 0 Å². The Morgan fingerprint density at radius 1 is 1.00 bits per heavy atom. The molecule has 1 aromatic rings. The monoisotopic (exact) mass is 296 g/mol. The molecule has 0 amide bonds. The Morgan fingerprint density at radius 3 is 2.14 bits per heavy atom. The lowest BCUT2D eigenvalue weighted by molar-refractivity contribution is 0.0523. The minimum atomic E-state index is -0.782. The van der Waals surface area contributed by atoms with Gasteiger partial charge in [0, 0.05) is 12.2 Å². The second kappa shape index (κ2) is 11.9. The number of Topliss-reactive ketones (excluding diaryl/α,β-unsaturated/α-hetero) is 1. The fraction of sp³-hybridized carbons (Fsp3) is 0.500. The van der Waals surface area contributed by atoms with Crippen molar-refractivity contribution in [3.05, 3.63) is 29.8 Å².